The van der Waals surface area contributed by atoms with Crippen LogP contribution in [0.15, 0.2) is 48.7 Å². The molecule has 0 unspecified atom stereocenters. The molecule has 36 heavy (non-hydrogen) atoms. The van der Waals surface area contributed by atoms with Gasteiger partial charge in [0.05, 0.1) is 25.0 Å². The highest BCUT2D eigenvalue weighted by molar-refractivity contribution is 5.96. The van der Waals surface area contributed by atoms with Gasteiger partial charge in [-0.15, -0.1) is 0 Å². The van der Waals surface area contributed by atoms with E-state index >= 15 is 0 Å². The summed E-state index contributed by atoms with van der Waals surface area (Å²) in [6.45, 7) is 3.74. The lowest BCUT2D eigenvalue weighted by atomic mass is 10.0. The average Bonchev–Trinajstić information content (AvgIpc) is 2.88. The molecular formula is C24H24F4N6O2. The second-order valence-electron chi connectivity index (χ2n) is 7.97. The van der Waals surface area contributed by atoms with E-state index in [-0.39, 0.29) is 17.5 Å². The molecule has 1 aliphatic rings. The molecule has 0 aliphatic carbocycles. The fourth-order valence-corrected chi connectivity index (χ4v) is 3.72. The number of hydrogen-bond donors (Lipinski definition) is 3. The summed E-state index contributed by atoms with van der Waals surface area (Å²) in [5.74, 6) is -0.916. The maximum atomic E-state index is 14.2. The van der Waals surface area contributed by atoms with Gasteiger partial charge in [-0.05, 0) is 48.4 Å². The number of amides is 1. The minimum atomic E-state index is -4.45. The minimum Gasteiger partial charge on any atom is -0.378 e. The highest BCUT2D eigenvalue weighted by atomic mass is 19.4. The van der Waals surface area contributed by atoms with Crippen molar-refractivity contribution < 1.29 is 27.1 Å². The van der Waals surface area contributed by atoms with E-state index in [0.717, 1.165) is 18.3 Å². The van der Waals surface area contributed by atoms with Crippen LogP contribution in [0.2, 0.25) is 0 Å². The van der Waals surface area contributed by atoms with Gasteiger partial charge in [-0.25, -0.2) is 9.37 Å². The molecule has 4 rings (SSSR count). The Bertz CT molecular complexity index is 1230. The van der Waals surface area contributed by atoms with Crippen molar-refractivity contribution in [1.29, 1.82) is 0 Å². The van der Waals surface area contributed by atoms with E-state index in [1.54, 1.807) is 23.1 Å². The number of carbonyl (C=O) groups excluding carboxylic acids is 1. The highest BCUT2D eigenvalue weighted by Gasteiger charge is 2.30. The molecule has 0 atom stereocenters. The van der Waals surface area contributed by atoms with Gasteiger partial charge in [0.1, 0.15) is 0 Å². The molecular weight excluding hydrogens is 480 g/mol. The van der Waals surface area contributed by atoms with E-state index in [0.29, 0.717) is 49.5 Å². The topological polar surface area (TPSA) is 91.4 Å². The minimum absolute atomic E-state index is 0.0205. The van der Waals surface area contributed by atoms with E-state index < -0.39 is 23.5 Å². The van der Waals surface area contributed by atoms with Crippen LogP contribution in [0.5, 0.6) is 0 Å². The van der Waals surface area contributed by atoms with Crippen LogP contribution < -0.4 is 21.1 Å². The number of alkyl halides is 3. The van der Waals surface area contributed by atoms with Crippen molar-refractivity contribution >= 4 is 29.0 Å². The summed E-state index contributed by atoms with van der Waals surface area (Å²) in [6.07, 6.45) is -2.93. The average molecular weight is 504 g/mol. The number of carbonyl (C=O) groups is 1. The fourth-order valence-electron chi connectivity index (χ4n) is 3.72. The molecule has 1 aliphatic heterocycles. The number of halogens is 4. The molecule has 0 radical (unpaired) electrons. The number of morpholine rings is 1. The van der Waals surface area contributed by atoms with Gasteiger partial charge < -0.3 is 15.0 Å². The largest absolute Gasteiger partial charge is 0.416 e. The van der Waals surface area contributed by atoms with Gasteiger partial charge in [0.2, 0.25) is 5.95 Å². The van der Waals surface area contributed by atoms with Crippen LogP contribution in [0.1, 0.15) is 28.4 Å². The van der Waals surface area contributed by atoms with Crippen LogP contribution >= 0.6 is 0 Å². The van der Waals surface area contributed by atoms with E-state index in [9.17, 15) is 22.4 Å². The maximum Gasteiger partial charge on any atom is 0.416 e. The van der Waals surface area contributed by atoms with Crippen molar-refractivity contribution in [2.24, 2.45) is 0 Å². The lowest BCUT2D eigenvalue weighted by Gasteiger charge is -2.28. The Balaban J connectivity index is 1.44. The second kappa shape index (κ2) is 10.8. The molecule has 1 saturated heterocycles. The van der Waals surface area contributed by atoms with Gasteiger partial charge >= 0.3 is 6.18 Å². The first-order chi connectivity index (χ1) is 17.2. The first kappa shape index (κ1) is 25.2. The zero-order valence-electron chi connectivity index (χ0n) is 19.3. The van der Waals surface area contributed by atoms with Gasteiger partial charge in [0.25, 0.3) is 5.91 Å². The van der Waals surface area contributed by atoms with Gasteiger partial charge in [-0.2, -0.15) is 18.2 Å². The molecule has 2 aromatic carbocycles. The predicted octanol–water partition coefficient (Wildman–Crippen LogP) is 4.53. The van der Waals surface area contributed by atoms with Crippen molar-refractivity contribution in [2.45, 2.75) is 19.5 Å². The number of anilines is 4. The summed E-state index contributed by atoms with van der Waals surface area (Å²) in [7, 11) is 0. The van der Waals surface area contributed by atoms with Crippen LogP contribution in [-0.4, -0.2) is 42.2 Å². The Labute approximate surface area is 204 Å². The fraction of sp³-hybridized carbons (Fsp3) is 0.292. The van der Waals surface area contributed by atoms with Crippen molar-refractivity contribution in [2.75, 3.05) is 41.9 Å². The first-order valence-electron chi connectivity index (χ1n) is 11.2. The van der Waals surface area contributed by atoms with Crippen LogP contribution in [0, 0.1) is 5.82 Å². The van der Waals surface area contributed by atoms with E-state index in [1.807, 2.05) is 6.92 Å². The molecule has 8 nitrogen and oxygen atoms in total. The molecule has 1 aromatic heterocycles. The normalized spacial score (nSPS) is 13.9. The van der Waals surface area contributed by atoms with Crippen molar-refractivity contribution in [1.82, 2.24) is 15.4 Å². The SMILES string of the molecule is CCc1cc(Nc2cccc(C(F)(F)F)c2)ccc1C(=O)NNc1ncc(F)c(N2CCOCC2)n1. The number of nitrogens with one attached hydrogen (secondary N) is 3. The highest BCUT2D eigenvalue weighted by Crippen LogP contribution is 2.31. The first-order valence-corrected chi connectivity index (χ1v) is 11.2. The summed E-state index contributed by atoms with van der Waals surface area (Å²) in [6, 6.07) is 9.72. The van der Waals surface area contributed by atoms with E-state index in [1.165, 1.54) is 12.1 Å². The smallest absolute Gasteiger partial charge is 0.378 e. The number of ether oxygens (including phenoxy) is 1. The summed E-state index contributed by atoms with van der Waals surface area (Å²) >= 11 is 0. The lowest BCUT2D eigenvalue weighted by Crippen LogP contribution is -2.38. The lowest BCUT2D eigenvalue weighted by molar-refractivity contribution is -0.137. The third kappa shape index (κ3) is 6.00. The Hall–Kier alpha value is -3.93. The molecule has 2 heterocycles. The number of hydrazine groups is 1. The van der Waals surface area contributed by atoms with Gasteiger partial charge in [-0.3, -0.25) is 15.6 Å². The van der Waals surface area contributed by atoms with E-state index in [2.05, 4.69) is 26.1 Å². The van der Waals surface area contributed by atoms with E-state index in [4.69, 9.17) is 4.74 Å². The molecule has 1 amide bonds. The molecule has 12 heteroatoms. The van der Waals surface area contributed by atoms with Crippen molar-refractivity contribution in [3.8, 4) is 0 Å². The quantitative estimate of drug-likeness (QED) is 0.322. The molecule has 0 spiro atoms. The summed E-state index contributed by atoms with van der Waals surface area (Å²) in [4.78, 5) is 22.6. The Morgan fingerprint density at radius 1 is 1.11 bits per heavy atom. The number of rotatable bonds is 7. The third-order valence-electron chi connectivity index (χ3n) is 5.53. The summed E-state index contributed by atoms with van der Waals surface area (Å²) in [5, 5.41) is 2.94. The standard InChI is InChI=1S/C24H24F4N6O2/c1-2-15-12-18(30-17-5-3-4-16(13-17)24(26,27)28)6-7-19(15)22(35)32-33-23-29-14-20(25)21(31-23)34-8-10-36-11-9-34/h3-7,12-14,30H,2,8-11H2,1H3,(H,32,35)(H,29,31,33). The van der Waals surface area contributed by atoms with Crippen molar-refractivity contribution in [3.63, 3.8) is 0 Å². The second-order valence-corrected chi connectivity index (χ2v) is 7.97. The molecule has 0 bridgehead atoms. The Morgan fingerprint density at radius 2 is 1.86 bits per heavy atom. The number of nitrogens with zero attached hydrogens (tertiary/aromatic N) is 3. The van der Waals surface area contributed by atoms with Crippen LogP contribution in [0.25, 0.3) is 0 Å². The van der Waals surface area contributed by atoms with Crippen molar-refractivity contribution in [3.05, 3.63) is 71.2 Å². The van der Waals surface area contributed by atoms with Crippen LogP contribution in [0.4, 0.5) is 40.7 Å². The summed E-state index contributed by atoms with van der Waals surface area (Å²) < 4.78 is 58.4. The predicted molar refractivity (Wildman–Crippen MR) is 127 cm³/mol. The molecule has 3 N–H and O–H groups in total. The zero-order chi connectivity index (χ0) is 25.7. The molecule has 3 aromatic rings. The number of aromatic nitrogens is 2. The molecule has 0 saturated carbocycles. The maximum absolute atomic E-state index is 14.2. The summed E-state index contributed by atoms with van der Waals surface area (Å²) in [5.41, 5.74) is 6.19. The number of hydrogen-bond acceptors (Lipinski definition) is 7. The van der Waals surface area contributed by atoms with Crippen LogP contribution in [-0.2, 0) is 17.3 Å². The molecule has 190 valence electrons. The van der Waals surface area contributed by atoms with Gasteiger partial charge in [0, 0.05) is 30.0 Å². The molecule has 1 fully saturated rings. The zero-order valence-corrected chi connectivity index (χ0v) is 19.3. The monoisotopic (exact) mass is 504 g/mol. The Morgan fingerprint density at radius 3 is 2.58 bits per heavy atom. The number of aryl methyl sites for hydroxylation is 1. The Kier molecular flexibility index (Phi) is 7.53. The van der Waals surface area contributed by atoms with Gasteiger partial charge in [-0.1, -0.05) is 13.0 Å². The number of benzene rings is 2. The third-order valence-corrected chi connectivity index (χ3v) is 5.53. The van der Waals surface area contributed by atoms with Crippen LogP contribution in [0.3, 0.4) is 0 Å². The van der Waals surface area contributed by atoms with Gasteiger partial charge in [0.15, 0.2) is 11.6 Å².